The van der Waals surface area contributed by atoms with Gasteiger partial charge in [0.15, 0.2) is 0 Å². The fourth-order valence-electron chi connectivity index (χ4n) is 1.62. The number of hydrogen-bond donors (Lipinski definition) is 1. The summed E-state index contributed by atoms with van der Waals surface area (Å²) >= 11 is 5.18. The van der Waals surface area contributed by atoms with Gasteiger partial charge in [0.2, 0.25) is 0 Å². The predicted octanol–water partition coefficient (Wildman–Crippen LogP) is 3.96. The first-order chi connectivity index (χ1) is 8.22. The second-order valence-corrected chi connectivity index (χ2v) is 5.45. The van der Waals surface area contributed by atoms with Crippen molar-refractivity contribution in [2.24, 2.45) is 5.73 Å². The van der Waals surface area contributed by atoms with Crippen LogP contribution in [0.15, 0.2) is 40.2 Å². The van der Waals surface area contributed by atoms with Gasteiger partial charge in [-0.25, -0.2) is 0 Å². The van der Waals surface area contributed by atoms with Crippen LogP contribution in [0.1, 0.15) is 23.4 Å². The molecule has 2 aromatic rings. The molecule has 0 saturated heterocycles. The van der Waals surface area contributed by atoms with Gasteiger partial charge >= 0.3 is 0 Å². The quantitative estimate of drug-likeness (QED) is 0.927. The van der Waals surface area contributed by atoms with E-state index in [-0.39, 0.29) is 6.04 Å². The van der Waals surface area contributed by atoms with Gasteiger partial charge in [-0.3, -0.25) is 0 Å². The summed E-state index contributed by atoms with van der Waals surface area (Å²) in [5, 5.41) is 2.04. The fourth-order valence-corrected chi connectivity index (χ4v) is 2.88. The zero-order chi connectivity index (χ0) is 12.3. The summed E-state index contributed by atoms with van der Waals surface area (Å²) in [5.41, 5.74) is 7.29. The summed E-state index contributed by atoms with van der Waals surface area (Å²) in [7, 11) is 0. The normalized spacial score (nSPS) is 12.4. The smallest absolute Gasteiger partial charge is 0.133 e. The van der Waals surface area contributed by atoms with Gasteiger partial charge < -0.3 is 10.5 Å². The number of nitrogens with two attached hydrogens (primary N) is 1. The second kappa shape index (κ2) is 5.67. The molecule has 17 heavy (non-hydrogen) atoms. The van der Waals surface area contributed by atoms with Crippen LogP contribution in [-0.2, 0) is 0 Å². The number of ether oxygens (including phenoxy) is 1. The maximum absolute atomic E-state index is 6.20. The van der Waals surface area contributed by atoms with E-state index in [4.69, 9.17) is 10.5 Å². The summed E-state index contributed by atoms with van der Waals surface area (Å²) in [6.45, 7) is 2.63. The van der Waals surface area contributed by atoms with Crippen LogP contribution in [0.2, 0.25) is 0 Å². The van der Waals surface area contributed by atoms with Crippen molar-refractivity contribution < 1.29 is 4.74 Å². The van der Waals surface area contributed by atoms with Gasteiger partial charge in [-0.05, 0) is 52.0 Å². The monoisotopic (exact) mass is 311 g/mol. The van der Waals surface area contributed by atoms with Gasteiger partial charge in [-0.15, -0.1) is 11.3 Å². The first-order valence-corrected chi connectivity index (χ1v) is 7.11. The van der Waals surface area contributed by atoms with Crippen molar-refractivity contribution >= 4 is 27.3 Å². The number of benzene rings is 1. The Bertz CT molecular complexity index is 484. The molecule has 0 fully saturated rings. The molecule has 4 heteroatoms. The minimum Gasteiger partial charge on any atom is -0.493 e. The van der Waals surface area contributed by atoms with Crippen molar-refractivity contribution in [3.05, 3.63) is 50.6 Å². The third-order valence-corrected chi connectivity index (χ3v) is 4.04. The highest BCUT2D eigenvalue weighted by Crippen LogP contribution is 2.31. The van der Waals surface area contributed by atoms with Crippen LogP contribution < -0.4 is 10.5 Å². The van der Waals surface area contributed by atoms with Crippen LogP contribution in [0.25, 0.3) is 0 Å². The molecule has 2 N–H and O–H groups in total. The average Bonchev–Trinajstić information content (AvgIpc) is 2.84. The number of rotatable bonds is 4. The first kappa shape index (κ1) is 12.6. The molecule has 1 unspecified atom stereocenters. The molecule has 0 aliphatic carbocycles. The third kappa shape index (κ3) is 2.89. The lowest BCUT2D eigenvalue weighted by molar-refractivity contribution is 0.338. The van der Waals surface area contributed by atoms with Crippen molar-refractivity contribution in [2.75, 3.05) is 6.61 Å². The Balaban J connectivity index is 2.25. The number of halogens is 1. The lowest BCUT2D eigenvalue weighted by Gasteiger charge is -2.12. The van der Waals surface area contributed by atoms with Gasteiger partial charge in [-0.2, -0.15) is 0 Å². The lowest BCUT2D eigenvalue weighted by Crippen LogP contribution is -2.10. The molecule has 1 aromatic heterocycles. The van der Waals surface area contributed by atoms with E-state index in [1.165, 1.54) is 4.88 Å². The Morgan fingerprint density at radius 3 is 2.82 bits per heavy atom. The van der Waals surface area contributed by atoms with Crippen LogP contribution >= 0.6 is 27.3 Å². The van der Waals surface area contributed by atoms with Gasteiger partial charge in [0.1, 0.15) is 5.75 Å². The maximum Gasteiger partial charge on any atom is 0.133 e. The first-order valence-electron chi connectivity index (χ1n) is 5.43. The molecule has 0 aliphatic rings. The highest BCUT2D eigenvalue weighted by Gasteiger charge is 2.11. The van der Waals surface area contributed by atoms with Crippen molar-refractivity contribution in [3.63, 3.8) is 0 Å². The predicted molar refractivity (Wildman–Crippen MR) is 75.7 cm³/mol. The second-order valence-electron chi connectivity index (χ2n) is 3.62. The molecule has 0 radical (unpaired) electrons. The summed E-state index contributed by atoms with van der Waals surface area (Å²) in [5.74, 6) is 0.856. The molecular formula is C13H14BrNOS. The van der Waals surface area contributed by atoms with Crippen molar-refractivity contribution in [1.29, 1.82) is 0 Å². The number of thiophene rings is 1. The van der Waals surface area contributed by atoms with Crippen LogP contribution in [-0.4, -0.2) is 6.61 Å². The third-order valence-electron chi connectivity index (χ3n) is 2.46. The molecule has 1 heterocycles. The molecule has 0 amide bonds. The van der Waals surface area contributed by atoms with E-state index in [9.17, 15) is 0 Å². The SMILES string of the molecule is CCOc1ccc(C(N)c2cccs2)cc1Br. The fraction of sp³-hybridized carbons (Fsp3) is 0.231. The van der Waals surface area contributed by atoms with E-state index in [1.807, 2.05) is 36.6 Å². The summed E-state index contributed by atoms with van der Waals surface area (Å²) in [6, 6.07) is 10.00. The Morgan fingerprint density at radius 2 is 2.24 bits per heavy atom. The molecule has 90 valence electrons. The Labute approximate surface area is 114 Å². The molecule has 1 atom stereocenters. The standard InChI is InChI=1S/C13H14BrNOS/c1-2-16-11-6-5-9(8-10(11)14)13(15)12-4-3-7-17-12/h3-8,13H,2,15H2,1H3. The van der Waals surface area contributed by atoms with E-state index in [0.717, 1.165) is 15.8 Å². The topological polar surface area (TPSA) is 35.2 Å². The molecule has 0 aliphatic heterocycles. The van der Waals surface area contributed by atoms with Gasteiger partial charge in [0, 0.05) is 4.88 Å². The Hall–Kier alpha value is -0.840. The van der Waals surface area contributed by atoms with E-state index >= 15 is 0 Å². The van der Waals surface area contributed by atoms with Crippen LogP contribution in [0, 0.1) is 0 Å². The maximum atomic E-state index is 6.20. The van der Waals surface area contributed by atoms with E-state index in [2.05, 4.69) is 22.0 Å². The Kier molecular flexibility index (Phi) is 4.20. The van der Waals surface area contributed by atoms with Crippen molar-refractivity contribution in [1.82, 2.24) is 0 Å². The minimum absolute atomic E-state index is 0.0676. The zero-order valence-corrected chi connectivity index (χ0v) is 11.9. The molecule has 0 spiro atoms. The van der Waals surface area contributed by atoms with Crippen molar-refractivity contribution in [3.8, 4) is 5.75 Å². The largest absolute Gasteiger partial charge is 0.493 e. The molecular weight excluding hydrogens is 298 g/mol. The van der Waals surface area contributed by atoms with Gasteiger partial charge in [-0.1, -0.05) is 12.1 Å². The molecule has 0 saturated carbocycles. The summed E-state index contributed by atoms with van der Waals surface area (Å²) < 4.78 is 6.43. The zero-order valence-electron chi connectivity index (χ0n) is 9.52. The van der Waals surface area contributed by atoms with Gasteiger partial charge in [0.05, 0.1) is 17.1 Å². The van der Waals surface area contributed by atoms with Crippen LogP contribution in [0.3, 0.4) is 0 Å². The average molecular weight is 312 g/mol. The summed E-state index contributed by atoms with van der Waals surface area (Å²) in [6.07, 6.45) is 0. The highest BCUT2D eigenvalue weighted by atomic mass is 79.9. The molecule has 0 bridgehead atoms. The Morgan fingerprint density at radius 1 is 1.41 bits per heavy atom. The highest BCUT2D eigenvalue weighted by molar-refractivity contribution is 9.10. The molecule has 2 rings (SSSR count). The van der Waals surface area contributed by atoms with E-state index < -0.39 is 0 Å². The number of hydrogen-bond acceptors (Lipinski definition) is 3. The van der Waals surface area contributed by atoms with Crippen molar-refractivity contribution in [2.45, 2.75) is 13.0 Å². The van der Waals surface area contributed by atoms with E-state index in [0.29, 0.717) is 6.61 Å². The minimum atomic E-state index is -0.0676. The molecule has 2 nitrogen and oxygen atoms in total. The van der Waals surface area contributed by atoms with E-state index in [1.54, 1.807) is 11.3 Å². The van der Waals surface area contributed by atoms with Gasteiger partial charge in [0.25, 0.3) is 0 Å². The van der Waals surface area contributed by atoms with Crippen LogP contribution in [0.5, 0.6) is 5.75 Å². The summed E-state index contributed by atoms with van der Waals surface area (Å²) in [4.78, 5) is 1.17. The lowest BCUT2D eigenvalue weighted by atomic mass is 10.1. The molecule has 1 aromatic carbocycles. The van der Waals surface area contributed by atoms with Crippen LogP contribution in [0.4, 0.5) is 0 Å².